The number of rotatable bonds is 4. The van der Waals surface area contributed by atoms with Crippen molar-refractivity contribution in [1.82, 2.24) is 0 Å². The zero-order valence-electron chi connectivity index (χ0n) is 9.41. The second kappa shape index (κ2) is 6.04. The molecule has 0 saturated carbocycles. The number of benzene rings is 1. The highest BCUT2D eigenvalue weighted by Gasteiger charge is 2.24. The van der Waals surface area contributed by atoms with E-state index < -0.39 is 11.1 Å². The van der Waals surface area contributed by atoms with Crippen LogP contribution in [0.1, 0.15) is 24.2 Å². The van der Waals surface area contributed by atoms with Gasteiger partial charge in [0, 0.05) is 5.56 Å². The third-order valence-corrected chi connectivity index (χ3v) is 3.66. The van der Waals surface area contributed by atoms with Crippen LogP contribution < -0.4 is 0 Å². The van der Waals surface area contributed by atoms with Crippen LogP contribution in [-0.2, 0) is 0 Å². The van der Waals surface area contributed by atoms with E-state index in [4.69, 9.17) is 16.9 Å². The fourth-order valence-corrected chi connectivity index (χ4v) is 2.17. The van der Waals surface area contributed by atoms with Crippen molar-refractivity contribution in [3.05, 3.63) is 34.6 Å². The van der Waals surface area contributed by atoms with Gasteiger partial charge in [0.25, 0.3) is 0 Å². The Morgan fingerprint density at radius 1 is 1.53 bits per heavy atom. The molecule has 1 unspecified atom stereocenters. The van der Waals surface area contributed by atoms with Crippen molar-refractivity contribution >= 4 is 29.1 Å². The highest BCUT2D eigenvalue weighted by atomic mass is 35.5. The van der Waals surface area contributed by atoms with Crippen molar-refractivity contribution in [3.8, 4) is 5.40 Å². The van der Waals surface area contributed by atoms with Crippen LogP contribution in [0.2, 0.25) is 5.02 Å². The first-order chi connectivity index (χ1) is 7.97. The lowest BCUT2D eigenvalue weighted by Crippen LogP contribution is -2.22. The van der Waals surface area contributed by atoms with E-state index in [-0.39, 0.29) is 16.7 Å². The number of nitrogens with zero attached hydrogens (tertiary/aromatic N) is 1. The Morgan fingerprint density at radius 2 is 2.18 bits per heavy atom. The van der Waals surface area contributed by atoms with Gasteiger partial charge in [0.1, 0.15) is 11.2 Å². The Hall–Kier alpha value is -1.05. The first kappa shape index (κ1) is 14.0. The van der Waals surface area contributed by atoms with E-state index in [2.05, 4.69) is 0 Å². The summed E-state index contributed by atoms with van der Waals surface area (Å²) in [5.41, 5.74) is 0.331. The van der Waals surface area contributed by atoms with Crippen molar-refractivity contribution in [2.45, 2.75) is 19.1 Å². The van der Waals surface area contributed by atoms with E-state index in [9.17, 15) is 9.18 Å². The van der Waals surface area contributed by atoms with Gasteiger partial charge in [-0.2, -0.15) is 5.26 Å². The average molecular weight is 272 g/mol. The van der Waals surface area contributed by atoms with Gasteiger partial charge in [-0.3, -0.25) is 4.79 Å². The van der Waals surface area contributed by atoms with E-state index in [0.717, 1.165) is 17.8 Å². The van der Waals surface area contributed by atoms with Crippen LogP contribution in [0.25, 0.3) is 0 Å². The molecule has 17 heavy (non-hydrogen) atoms. The van der Waals surface area contributed by atoms with Crippen LogP contribution in [0.4, 0.5) is 4.39 Å². The minimum atomic E-state index is -0.558. The third kappa shape index (κ3) is 3.45. The molecule has 0 radical (unpaired) electrons. The number of Topliss-reactive ketones (excluding diaryl/α,β-unsaturated/α-hetero) is 1. The smallest absolute Gasteiger partial charge is 0.177 e. The second-order valence-corrected chi connectivity index (χ2v) is 5.20. The predicted molar refractivity (Wildman–Crippen MR) is 67.6 cm³/mol. The van der Waals surface area contributed by atoms with E-state index in [1.165, 1.54) is 12.1 Å². The quantitative estimate of drug-likeness (QED) is 0.616. The average Bonchev–Trinajstić information content (AvgIpc) is 2.28. The molecule has 0 heterocycles. The number of nitriles is 1. The number of hydrogen-bond acceptors (Lipinski definition) is 3. The van der Waals surface area contributed by atoms with Gasteiger partial charge in [-0.25, -0.2) is 4.39 Å². The molecule has 1 aromatic rings. The number of halogens is 2. The first-order valence-electron chi connectivity index (χ1n) is 5.01. The van der Waals surface area contributed by atoms with Crippen LogP contribution >= 0.6 is 23.4 Å². The lowest BCUT2D eigenvalue weighted by molar-refractivity contribution is 0.0976. The fraction of sp³-hybridized carbons (Fsp3) is 0.333. The molecule has 0 aliphatic rings. The summed E-state index contributed by atoms with van der Waals surface area (Å²) >= 11 is 6.54. The van der Waals surface area contributed by atoms with Crippen molar-refractivity contribution in [2.75, 3.05) is 0 Å². The Kier molecular flexibility index (Phi) is 4.98. The molecule has 0 saturated heterocycles. The summed E-state index contributed by atoms with van der Waals surface area (Å²) in [5, 5.41) is 10.0. The maximum atomic E-state index is 13.0. The monoisotopic (exact) mass is 271 g/mol. The summed E-state index contributed by atoms with van der Waals surface area (Å²) < 4.78 is 13.0. The van der Waals surface area contributed by atoms with E-state index in [1.807, 2.05) is 19.2 Å². The van der Waals surface area contributed by atoms with E-state index in [0.29, 0.717) is 5.56 Å². The van der Waals surface area contributed by atoms with E-state index >= 15 is 0 Å². The normalized spacial score (nSPS) is 12.2. The minimum absolute atomic E-state index is 0.0241. The molecule has 90 valence electrons. The topological polar surface area (TPSA) is 40.9 Å². The van der Waals surface area contributed by atoms with Crippen molar-refractivity contribution in [3.63, 3.8) is 0 Å². The zero-order valence-corrected chi connectivity index (χ0v) is 11.0. The predicted octanol–water partition coefficient (Wildman–Crippen LogP) is 3.90. The molecule has 0 fully saturated rings. The molecule has 0 aromatic heterocycles. The number of ketones is 1. The summed E-state index contributed by atoms with van der Waals surface area (Å²) in [5.74, 6) is -0.735. The third-order valence-electron chi connectivity index (χ3n) is 2.25. The molecule has 1 atom stereocenters. The highest BCUT2D eigenvalue weighted by Crippen LogP contribution is 2.25. The van der Waals surface area contributed by atoms with Crippen LogP contribution in [0, 0.1) is 22.4 Å². The van der Waals surface area contributed by atoms with Gasteiger partial charge in [-0.1, -0.05) is 25.4 Å². The number of carbonyl (C=O) groups excluding carboxylic acids is 1. The number of hydrogen-bond donors (Lipinski definition) is 0. The maximum absolute atomic E-state index is 13.0. The van der Waals surface area contributed by atoms with Gasteiger partial charge in [0.15, 0.2) is 5.78 Å². The number of thiocyanates is 1. The summed E-state index contributed by atoms with van der Waals surface area (Å²) in [6, 6.07) is 3.84. The first-order valence-corrected chi connectivity index (χ1v) is 6.27. The SMILES string of the molecule is CC(C)C(SC#N)C(=O)c1ccc(F)c(Cl)c1. The minimum Gasteiger partial charge on any atom is -0.293 e. The molecule has 1 rings (SSSR count). The molecule has 2 nitrogen and oxygen atoms in total. The number of carbonyl (C=O) groups is 1. The van der Waals surface area contributed by atoms with Gasteiger partial charge < -0.3 is 0 Å². The maximum Gasteiger partial charge on any atom is 0.177 e. The van der Waals surface area contributed by atoms with Crippen LogP contribution in [0.15, 0.2) is 18.2 Å². The van der Waals surface area contributed by atoms with Gasteiger partial charge in [-0.05, 0) is 35.9 Å². The van der Waals surface area contributed by atoms with Crippen molar-refractivity contribution in [2.24, 2.45) is 5.92 Å². The summed E-state index contributed by atoms with van der Waals surface area (Å²) in [6.07, 6.45) is 0. The van der Waals surface area contributed by atoms with Crippen LogP contribution in [0.3, 0.4) is 0 Å². The molecule has 0 aliphatic carbocycles. The molecule has 0 amide bonds. The summed E-state index contributed by atoms with van der Waals surface area (Å²) in [7, 11) is 0. The Morgan fingerprint density at radius 3 is 2.65 bits per heavy atom. The Bertz CT molecular complexity index is 470. The van der Waals surface area contributed by atoms with Crippen molar-refractivity contribution < 1.29 is 9.18 Å². The van der Waals surface area contributed by atoms with Crippen LogP contribution in [0.5, 0.6) is 0 Å². The molecule has 0 aliphatic heterocycles. The second-order valence-electron chi connectivity index (χ2n) is 3.87. The fourth-order valence-electron chi connectivity index (χ4n) is 1.36. The largest absolute Gasteiger partial charge is 0.293 e. The summed E-state index contributed by atoms with van der Waals surface area (Å²) in [6.45, 7) is 3.72. The Balaban J connectivity index is 3.02. The lowest BCUT2D eigenvalue weighted by atomic mass is 10.0. The van der Waals surface area contributed by atoms with Gasteiger partial charge in [0.05, 0.1) is 10.3 Å². The highest BCUT2D eigenvalue weighted by molar-refractivity contribution is 8.05. The summed E-state index contributed by atoms with van der Waals surface area (Å²) in [4.78, 5) is 12.1. The standard InChI is InChI=1S/C12H11ClFNOS/c1-7(2)12(17-6-15)11(16)8-3-4-10(14)9(13)5-8/h3-5,7,12H,1-2H3. The van der Waals surface area contributed by atoms with Gasteiger partial charge in [0.2, 0.25) is 0 Å². The van der Waals surface area contributed by atoms with E-state index in [1.54, 1.807) is 0 Å². The number of thioether (sulfide) groups is 1. The van der Waals surface area contributed by atoms with Gasteiger partial charge >= 0.3 is 0 Å². The molecular formula is C12H11ClFNOS. The molecule has 1 aromatic carbocycles. The Labute approximate surface area is 109 Å². The molecule has 5 heteroatoms. The molecule has 0 spiro atoms. The van der Waals surface area contributed by atoms with Crippen molar-refractivity contribution in [1.29, 1.82) is 5.26 Å². The molecule has 0 N–H and O–H groups in total. The molecule has 0 bridgehead atoms. The van der Waals surface area contributed by atoms with Gasteiger partial charge in [-0.15, -0.1) is 0 Å². The lowest BCUT2D eigenvalue weighted by Gasteiger charge is -2.15. The molecular weight excluding hydrogens is 261 g/mol. The van der Waals surface area contributed by atoms with Crippen LogP contribution in [-0.4, -0.2) is 11.0 Å². The zero-order chi connectivity index (χ0) is 13.0.